The van der Waals surface area contributed by atoms with Gasteiger partial charge in [0.05, 0.1) is 0 Å². The van der Waals surface area contributed by atoms with E-state index in [2.05, 4.69) is 15.9 Å². The van der Waals surface area contributed by atoms with E-state index in [-0.39, 0.29) is 5.92 Å². The number of hydrogen-bond acceptors (Lipinski definition) is 2. The Morgan fingerprint density at radius 1 is 1.73 bits per heavy atom. The van der Waals surface area contributed by atoms with Crippen molar-refractivity contribution in [2.24, 2.45) is 5.92 Å². The van der Waals surface area contributed by atoms with Crippen LogP contribution in [0.1, 0.15) is 12.7 Å². The highest BCUT2D eigenvalue weighted by molar-refractivity contribution is 9.10. The van der Waals surface area contributed by atoms with Crippen LogP contribution in [0, 0.1) is 5.92 Å². The van der Waals surface area contributed by atoms with E-state index in [1.807, 2.05) is 19.1 Å². The van der Waals surface area contributed by atoms with Crippen LogP contribution in [0.15, 0.2) is 21.2 Å². The van der Waals surface area contributed by atoms with Crippen molar-refractivity contribution in [1.82, 2.24) is 0 Å². The maximum Gasteiger partial charge on any atom is 0.169 e. The normalized spacial score (nSPS) is 12.9. The van der Waals surface area contributed by atoms with Crippen LogP contribution in [0.4, 0.5) is 0 Å². The highest BCUT2D eigenvalue weighted by Gasteiger charge is 2.04. The average Bonchev–Trinajstić information content (AvgIpc) is 2.35. The third-order valence-corrected chi connectivity index (χ3v) is 1.81. The fraction of sp³-hybridized carbons (Fsp3) is 0.375. The van der Waals surface area contributed by atoms with Crippen molar-refractivity contribution < 1.29 is 9.21 Å². The van der Waals surface area contributed by atoms with Crippen LogP contribution in [0.3, 0.4) is 0 Å². The zero-order chi connectivity index (χ0) is 8.27. The second kappa shape index (κ2) is 3.72. The first-order chi connectivity index (χ1) is 5.22. The molecule has 0 aromatic carbocycles. The van der Waals surface area contributed by atoms with E-state index in [1.165, 1.54) is 0 Å². The highest BCUT2D eigenvalue weighted by Crippen LogP contribution is 2.16. The lowest BCUT2D eigenvalue weighted by atomic mass is 10.1. The summed E-state index contributed by atoms with van der Waals surface area (Å²) in [6.07, 6.45) is 1.60. The molecule has 0 aliphatic heterocycles. The molecule has 0 fully saturated rings. The Bertz CT molecular complexity index is 242. The van der Waals surface area contributed by atoms with Gasteiger partial charge in [-0.05, 0) is 28.1 Å². The fourth-order valence-electron chi connectivity index (χ4n) is 0.827. The van der Waals surface area contributed by atoms with Crippen molar-refractivity contribution in [2.45, 2.75) is 13.3 Å². The molecule has 1 aromatic heterocycles. The van der Waals surface area contributed by atoms with Crippen LogP contribution in [-0.4, -0.2) is 6.29 Å². The third kappa shape index (κ3) is 2.50. The first kappa shape index (κ1) is 8.53. The molecule has 0 amide bonds. The molecular formula is C8H9BrO2. The Labute approximate surface area is 73.7 Å². The van der Waals surface area contributed by atoms with Gasteiger partial charge in [0.2, 0.25) is 0 Å². The second-order valence-electron chi connectivity index (χ2n) is 2.52. The zero-order valence-corrected chi connectivity index (χ0v) is 7.80. The predicted molar refractivity (Wildman–Crippen MR) is 45.3 cm³/mol. The zero-order valence-electron chi connectivity index (χ0n) is 6.21. The number of rotatable bonds is 3. The Morgan fingerprint density at radius 2 is 2.45 bits per heavy atom. The number of halogens is 1. The molecular weight excluding hydrogens is 208 g/mol. The minimum Gasteiger partial charge on any atom is -0.454 e. The largest absolute Gasteiger partial charge is 0.454 e. The lowest BCUT2D eigenvalue weighted by Gasteiger charge is -1.97. The van der Waals surface area contributed by atoms with Crippen molar-refractivity contribution >= 4 is 22.2 Å². The maximum atomic E-state index is 10.3. The van der Waals surface area contributed by atoms with Crippen molar-refractivity contribution in [3.63, 3.8) is 0 Å². The van der Waals surface area contributed by atoms with Crippen molar-refractivity contribution in [1.29, 1.82) is 0 Å². The number of furan rings is 1. The van der Waals surface area contributed by atoms with Gasteiger partial charge in [0.25, 0.3) is 0 Å². The van der Waals surface area contributed by atoms with E-state index in [1.54, 1.807) is 0 Å². The molecule has 1 rings (SSSR count). The van der Waals surface area contributed by atoms with Gasteiger partial charge in [-0.15, -0.1) is 0 Å². The van der Waals surface area contributed by atoms with Crippen LogP contribution < -0.4 is 0 Å². The van der Waals surface area contributed by atoms with Gasteiger partial charge in [-0.2, -0.15) is 0 Å². The number of hydrogen-bond donors (Lipinski definition) is 0. The van der Waals surface area contributed by atoms with Crippen LogP contribution in [0.5, 0.6) is 0 Å². The first-order valence-electron chi connectivity index (χ1n) is 3.42. The molecule has 3 heteroatoms. The van der Waals surface area contributed by atoms with Crippen molar-refractivity contribution in [3.05, 3.63) is 22.6 Å². The number of carbonyl (C=O) groups excluding carboxylic acids is 1. The van der Waals surface area contributed by atoms with Crippen molar-refractivity contribution in [2.75, 3.05) is 0 Å². The van der Waals surface area contributed by atoms with E-state index >= 15 is 0 Å². The van der Waals surface area contributed by atoms with Gasteiger partial charge < -0.3 is 9.21 Å². The quantitative estimate of drug-likeness (QED) is 0.727. The molecule has 11 heavy (non-hydrogen) atoms. The van der Waals surface area contributed by atoms with Crippen LogP contribution in [-0.2, 0) is 11.2 Å². The summed E-state index contributed by atoms with van der Waals surface area (Å²) >= 11 is 3.19. The maximum absolute atomic E-state index is 10.3. The monoisotopic (exact) mass is 216 g/mol. The lowest BCUT2D eigenvalue weighted by Crippen LogP contribution is -1.98. The summed E-state index contributed by atoms with van der Waals surface area (Å²) in [4.78, 5) is 10.3. The van der Waals surface area contributed by atoms with Crippen LogP contribution in [0.25, 0.3) is 0 Å². The molecule has 2 nitrogen and oxygen atoms in total. The van der Waals surface area contributed by atoms with E-state index < -0.39 is 0 Å². The summed E-state index contributed by atoms with van der Waals surface area (Å²) in [7, 11) is 0. The molecule has 0 aliphatic carbocycles. The third-order valence-electron chi connectivity index (χ3n) is 1.38. The molecule has 1 aromatic rings. The average molecular weight is 217 g/mol. The smallest absolute Gasteiger partial charge is 0.169 e. The highest BCUT2D eigenvalue weighted by atomic mass is 79.9. The van der Waals surface area contributed by atoms with Crippen LogP contribution >= 0.6 is 15.9 Å². The van der Waals surface area contributed by atoms with E-state index in [9.17, 15) is 4.79 Å². The van der Waals surface area contributed by atoms with Gasteiger partial charge in [-0.25, -0.2) is 0 Å². The summed E-state index contributed by atoms with van der Waals surface area (Å²) in [5.41, 5.74) is 0. The van der Waals surface area contributed by atoms with Crippen LogP contribution in [0.2, 0.25) is 0 Å². The Kier molecular flexibility index (Phi) is 2.88. The Morgan fingerprint density at radius 3 is 2.91 bits per heavy atom. The molecule has 0 aliphatic rings. The summed E-state index contributed by atoms with van der Waals surface area (Å²) in [5, 5.41) is 0. The fourth-order valence-corrected chi connectivity index (χ4v) is 1.17. The summed E-state index contributed by atoms with van der Waals surface area (Å²) in [6, 6.07) is 3.69. The molecule has 0 saturated heterocycles. The van der Waals surface area contributed by atoms with Gasteiger partial charge in [0.15, 0.2) is 4.67 Å². The SMILES string of the molecule is CC(C=O)Cc1ccc(Br)o1. The molecule has 0 N–H and O–H groups in total. The second-order valence-corrected chi connectivity index (χ2v) is 3.30. The first-order valence-corrected chi connectivity index (χ1v) is 4.21. The number of carbonyl (C=O) groups is 1. The Balaban J connectivity index is 2.57. The molecule has 1 heterocycles. The predicted octanol–water partition coefficient (Wildman–Crippen LogP) is 2.42. The molecule has 0 bridgehead atoms. The molecule has 60 valence electrons. The minimum atomic E-state index is 0.0352. The number of aldehydes is 1. The Hall–Kier alpha value is -0.570. The van der Waals surface area contributed by atoms with Gasteiger partial charge in [-0.1, -0.05) is 6.92 Å². The topological polar surface area (TPSA) is 30.2 Å². The van der Waals surface area contributed by atoms with Gasteiger partial charge in [0.1, 0.15) is 12.0 Å². The van der Waals surface area contributed by atoms with E-state index in [0.29, 0.717) is 11.1 Å². The van der Waals surface area contributed by atoms with Gasteiger partial charge in [0, 0.05) is 12.3 Å². The van der Waals surface area contributed by atoms with E-state index in [4.69, 9.17) is 4.42 Å². The molecule has 0 spiro atoms. The van der Waals surface area contributed by atoms with E-state index in [0.717, 1.165) is 12.0 Å². The standard InChI is InChI=1S/C8H9BrO2/c1-6(5-10)4-7-2-3-8(9)11-7/h2-3,5-6H,4H2,1H3. The molecule has 0 radical (unpaired) electrons. The summed E-state index contributed by atoms with van der Waals surface area (Å²) in [6.45, 7) is 1.86. The summed E-state index contributed by atoms with van der Waals surface area (Å²) in [5.74, 6) is 0.879. The minimum absolute atomic E-state index is 0.0352. The van der Waals surface area contributed by atoms with Crippen molar-refractivity contribution in [3.8, 4) is 0 Å². The van der Waals surface area contributed by atoms with Gasteiger partial charge in [-0.3, -0.25) is 0 Å². The summed E-state index contributed by atoms with van der Waals surface area (Å²) < 4.78 is 5.93. The molecule has 1 atom stereocenters. The lowest BCUT2D eigenvalue weighted by molar-refractivity contribution is -0.110. The molecule has 1 unspecified atom stereocenters. The van der Waals surface area contributed by atoms with Gasteiger partial charge >= 0.3 is 0 Å². The molecule has 0 saturated carbocycles.